The van der Waals surface area contributed by atoms with Crippen molar-refractivity contribution in [2.24, 2.45) is 0 Å². The topological polar surface area (TPSA) is 20.2 Å². The summed E-state index contributed by atoms with van der Waals surface area (Å²) in [5, 5.41) is 8.83. The highest BCUT2D eigenvalue weighted by atomic mass is 35.5. The molecule has 1 unspecified atom stereocenters. The van der Waals surface area contributed by atoms with E-state index in [9.17, 15) is 13.2 Å². The number of alkyl halides is 4. The van der Waals surface area contributed by atoms with Crippen LogP contribution in [-0.2, 0) is 6.18 Å². The Bertz CT molecular complexity index is 296. The Hall–Kier alpha value is -0.740. The molecule has 0 heterocycles. The Morgan fingerprint density at radius 3 is 2.15 bits per heavy atom. The molecule has 1 nitrogen and oxygen atoms in total. The van der Waals surface area contributed by atoms with Crippen molar-refractivity contribution in [2.45, 2.75) is 11.7 Å². The number of aliphatic hydroxyl groups excluding tert-OH is 1. The number of rotatable bonds is 1. The molecule has 0 aliphatic rings. The zero-order valence-electron chi connectivity index (χ0n) is 6.35. The van der Waals surface area contributed by atoms with Crippen LogP contribution in [0.25, 0.3) is 0 Å². The Kier molecular flexibility index (Phi) is 2.83. The van der Waals surface area contributed by atoms with Crippen molar-refractivity contribution in [1.82, 2.24) is 0 Å². The molecule has 1 rings (SSSR count). The second-order valence-corrected chi connectivity index (χ2v) is 2.83. The molecule has 0 saturated carbocycles. The predicted molar refractivity (Wildman–Crippen MR) is 42.3 cm³/mol. The Morgan fingerprint density at radius 2 is 1.77 bits per heavy atom. The Morgan fingerprint density at radius 1 is 1.23 bits per heavy atom. The Labute approximate surface area is 77.8 Å². The molecule has 0 saturated heterocycles. The number of aliphatic hydroxyl groups is 1. The molecule has 0 amide bonds. The molecule has 0 bridgehead atoms. The lowest BCUT2D eigenvalue weighted by Gasteiger charge is -2.12. The van der Waals surface area contributed by atoms with Gasteiger partial charge in [-0.25, -0.2) is 0 Å². The SMILES string of the molecule is OC(Cl)c1ccccc1C(F)(F)F. The fourth-order valence-electron chi connectivity index (χ4n) is 0.963. The van der Waals surface area contributed by atoms with E-state index in [1.54, 1.807) is 0 Å². The zero-order chi connectivity index (χ0) is 10.1. The maximum atomic E-state index is 12.2. The van der Waals surface area contributed by atoms with Crippen molar-refractivity contribution in [1.29, 1.82) is 0 Å². The van der Waals surface area contributed by atoms with Crippen LogP contribution >= 0.6 is 11.6 Å². The molecule has 0 spiro atoms. The number of hydrogen-bond acceptors (Lipinski definition) is 1. The maximum Gasteiger partial charge on any atom is 0.416 e. The van der Waals surface area contributed by atoms with Gasteiger partial charge in [0.05, 0.1) is 5.56 Å². The lowest BCUT2D eigenvalue weighted by atomic mass is 10.1. The van der Waals surface area contributed by atoms with Crippen LogP contribution < -0.4 is 0 Å². The summed E-state index contributed by atoms with van der Waals surface area (Å²) in [6.07, 6.45) is -4.48. The largest absolute Gasteiger partial charge is 0.416 e. The van der Waals surface area contributed by atoms with Crippen LogP contribution in [0.4, 0.5) is 13.2 Å². The van der Waals surface area contributed by atoms with E-state index < -0.39 is 17.3 Å². The van der Waals surface area contributed by atoms with E-state index in [1.807, 2.05) is 0 Å². The van der Waals surface area contributed by atoms with E-state index in [2.05, 4.69) is 0 Å². The lowest BCUT2D eigenvalue weighted by molar-refractivity contribution is -0.138. The highest BCUT2D eigenvalue weighted by Crippen LogP contribution is 2.35. The van der Waals surface area contributed by atoms with Crippen LogP contribution in [0.2, 0.25) is 0 Å². The van der Waals surface area contributed by atoms with E-state index in [4.69, 9.17) is 16.7 Å². The van der Waals surface area contributed by atoms with Crippen molar-refractivity contribution in [3.63, 3.8) is 0 Å². The van der Waals surface area contributed by atoms with Gasteiger partial charge in [-0.15, -0.1) is 0 Å². The molecule has 5 heteroatoms. The van der Waals surface area contributed by atoms with Gasteiger partial charge < -0.3 is 5.11 Å². The summed E-state index contributed by atoms with van der Waals surface area (Å²) in [6, 6.07) is 4.64. The molecular weight excluding hydrogens is 205 g/mol. The predicted octanol–water partition coefficient (Wildman–Crippen LogP) is 2.94. The first kappa shape index (κ1) is 10.3. The average molecular weight is 211 g/mol. The van der Waals surface area contributed by atoms with Crippen LogP contribution in [0.5, 0.6) is 0 Å². The van der Waals surface area contributed by atoms with Gasteiger partial charge in [-0.2, -0.15) is 13.2 Å². The molecule has 0 fully saturated rings. The Balaban J connectivity index is 3.20. The minimum absolute atomic E-state index is 0.323. The maximum absolute atomic E-state index is 12.2. The first-order valence-corrected chi connectivity index (χ1v) is 3.85. The summed E-state index contributed by atoms with van der Waals surface area (Å²) in [6.45, 7) is 0. The average Bonchev–Trinajstić information content (AvgIpc) is 2.03. The summed E-state index contributed by atoms with van der Waals surface area (Å²) in [5.74, 6) is 0. The van der Waals surface area contributed by atoms with Gasteiger partial charge in [-0.1, -0.05) is 29.8 Å². The molecule has 0 aliphatic carbocycles. The fraction of sp³-hybridized carbons (Fsp3) is 0.250. The summed E-state index contributed by atoms with van der Waals surface area (Å²) >= 11 is 5.17. The van der Waals surface area contributed by atoms with E-state index >= 15 is 0 Å². The minimum Gasteiger partial charge on any atom is -0.373 e. The third-order valence-corrected chi connectivity index (χ3v) is 1.76. The van der Waals surface area contributed by atoms with Gasteiger partial charge in [-0.3, -0.25) is 0 Å². The van der Waals surface area contributed by atoms with Crippen molar-refractivity contribution in [3.05, 3.63) is 35.4 Å². The second-order valence-electron chi connectivity index (χ2n) is 2.42. The molecule has 0 radical (unpaired) electrons. The van der Waals surface area contributed by atoms with Crippen LogP contribution in [0.1, 0.15) is 16.7 Å². The van der Waals surface area contributed by atoms with Gasteiger partial charge in [0.1, 0.15) is 0 Å². The van der Waals surface area contributed by atoms with Crippen molar-refractivity contribution < 1.29 is 18.3 Å². The van der Waals surface area contributed by atoms with Crippen LogP contribution in [0, 0.1) is 0 Å². The molecule has 1 aromatic rings. The van der Waals surface area contributed by atoms with Gasteiger partial charge in [0.25, 0.3) is 0 Å². The molecule has 1 atom stereocenters. The second kappa shape index (κ2) is 3.55. The molecule has 13 heavy (non-hydrogen) atoms. The van der Waals surface area contributed by atoms with Gasteiger partial charge in [0, 0.05) is 5.56 Å². The highest BCUT2D eigenvalue weighted by Gasteiger charge is 2.34. The van der Waals surface area contributed by atoms with Crippen LogP contribution in [0.3, 0.4) is 0 Å². The van der Waals surface area contributed by atoms with Crippen molar-refractivity contribution in [3.8, 4) is 0 Å². The van der Waals surface area contributed by atoms with Crippen molar-refractivity contribution >= 4 is 11.6 Å². The lowest BCUT2D eigenvalue weighted by Crippen LogP contribution is -2.09. The fourth-order valence-corrected chi connectivity index (χ4v) is 1.15. The molecule has 0 aliphatic heterocycles. The molecular formula is C8H6ClF3O. The summed E-state index contributed by atoms with van der Waals surface area (Å²) in [4.78, 5) is 0. The van der Waals surface area contributed by atoms with E-state index in [1.165, 1.54) is 12.1 Å². The monoisotopic (exact) mass is 210 g/mol. The standard InChI is InChI=1S/C8H6ClF3O/c9-7(13)5-3-1-2-4-6(5)8(10,11)12/h1-4,7,13H. The molecule has 72 valence electrons. The highest BCUT2D eigenvalue weighted by molar-refractivity contribution is 6.19. The first-order valence-electron chi connectivity index (χ1n) is 3.41. The third-order valence-electron chi connectivity index (χ3n) is 1.52. The van der Waals surface area contributed by atoms with E-state index in [-0.39, 0.29) is 5.56 Å². The smallest absolute Gasteiger partial charge is 0.373 e. The number of benzene rings is 1. The number of hydrogen-bond donors (Lipinski definition) is 1. The van der Waals surface area contributed by atoms with E-state index in [0.717, 1.165) is 12.1 Å². The summed E-state index contributed by atoms with van der Waals surface area (Å²) in [5.41, 5.74) is -2.85. The number of halogens is 4. The minimum atomic E-state index is -4.48. The molecule has 1 N–H and O–H groups in total. The van der Waals surface area contributed by atoms with Gasteiger partial charge in [0.15, 0.2) is 5.56 Å². The van der Waals surface area contributed by atoms with Crippen molar-refractivity contribution in [2.75, 3.05) is 0 Å². The van der Waals surface area contributed by atoms with Gasteiger partial charge in [0.2, 0.25) is 0 Å². The van der Waals surface area contributed by atoms with Crippen LogP contribution in [0.15, 0.2) is 24.3 Å². The first-order chi connectivity index (χ1) is 5.93. The molecule has 0 aromatic heterocycles. The quantitative estimate of drug-likeness (QED) is 0.707. The summed E-state index contributed by atoms with van der Waals surface area (Å²) in [7, 11) is 0. The van der Waals surface area contributed by atoms with Gasteiger partial charge in [-0.05, 0) is 6.07 Å². The zero-order valence-corrected chi connectivity index (χ0v) is 7.10. The molecule has 1 aromatic carbocycles. The third kappa shape index (κ3) is 2.35. The summed E-state index contributed by atoms with van der Waals surface area (Å²) < 4.78 is 36.7. The van der Waals surface area contributed by atoms with E-state index in [0.29, 0.717) is 0 Å². The van der Waals surface area contributed by atoms with Gasteiger partial charge >= 0.3 is 6.18 Å². The van der Waals surface area contributed by atoms with Crippen LogP contribution in [-0.4, -0.2) is 5.11 Å². The normalized spacial score (nSPS) is 14.2.